The number of likely N-dealkylation sites (N-methyl/N-ethyl adjacent to an activating group) is 1. The Balaban J connectivity index is 1.85. The summed E-state index contributed by atoms with van der Waals surface area (Å²) >= 11 is 0. The average molecular weight is 330 g/mol. The number of halogens is 1. The lowest BCUT2D eigenvalue weighted by Gasteiger charge is -2.33. The molecule has 2 heterocycles. The van der Waals surface area contributed by atoms with Crippen LogP contribution in [0.5, 0.6) is 0 Å². The number of rotatable bonds is 3. The van der Waals surface area contributed by atoms with Crippen LogP contribution in [-0.4, -0.2) is 58.4 Å². The largest absolute Gasteiger partial charge is 0.346 e. The molecule has 6 nitrogen and oxygen atoms in total. The normalized spacial score (nSPS) is 15.5. The molecule has 1 aromatic heterocycles. The number of carbonyl (C=O) groups is 1. The van der Waals surface area contributed by atoms with Crippen LogP contribution >= 0.6 is 0 Å². The lowest BCUT2D eigenvalue weighted by molar-refractivity contribution is 0.0637. The minimum Gasteiger partial charge on any atom is -0.335 e. The van der Waals surface area contributed by atoms with Crippen molar-refractivity contribution in [3.63, 3.8) is 0 Å². The molecule has 1 saturated heterocycles. The van der Waals surface area contributed by atoms with Gasteiger partial charge in [-0.25, -0.2) is 9.18 Å². The van der Waals surface area contributed by atoms with E-state index in [9.17, 15) is 14.0 Å². The molecule has 24 heavy (non-hydrogen) atoms. The first-order valence-corrected chi connectivity index (χ1v) is 7.96. The number of aromatic nitrogens is 2. The molecule has 2 aromatic rings. The fourth-order valence-corrected chi connectivity index (χ4v) is 2.78. The molecule has 0 aliphatic carbocycles. The highest BCUT2D eigenvalue weighted by molar-refractivity contribution is 5.93. The van der Waals surface area contributed by atoms with E-state index in [4.69, 9.17) is 0 Å². The van der Waals surface area contributed by atoms with E-state index in [-0.39, 0.29) is 17.4 Å². The van der Waals surface area contributed by atoms with Crippen LogP contribution in [0, 0.1) is 5.82 Å². The van der Waals surface area contributed by atoms with Crippen molar-refractivity contribution in [2.75, 3.05) is 32.7 Å². The summed E-state index contributed by atoms with van der Waals surface area (Å²) in [5, 5.41) is 0. The number of piperazine rings is 1. The van der Waals surface area contributed by atoms with Crippen molar-refractivity contribution in [3.8, 4) is 11.3 Å². The Labute approximate surface area is 138 Å². The summed E-state index contributed by atoms with van der Waals surface area (Å²) in [6.45, 7) is 5.95. The van der Waals surface area contributed by atoms with Crippen molar-refractivity contribution < 1.29 is 9.18 Å². The molecule has 0 bridgehead atoms. The lowest BCUT2D eigenvalue weighted by Crippen LogP contribution is -2.48. The van der Waals surface area contributed by atoms with Crippen LogP contribution in [0.2, 0.25) is 0 Å². The van der Waals surface area contributed by atoms with Crippen LogP contribution in [0.25, 0.3) is 11.3 Å². The van der Waals surface area contributed by atoms with Crippen LogP contribution in [0.15, 0.2) is 35.1 Å². The molecule has 1 amide bonds. The van der Waals surface area contributed by atoms with Crippen molar-refractivity contribution in [2.45, 2.75) is 6.92 Å². The van der Waals surface area contributed by atoms with Gasteiger partial charge in [-0.15, -0.1) is 0 Å². The number of H-pyrrole nitrogens is 1. The standard InChI is InChI=1S/C17H19FN4O2/c1-2-21-7-9-22(10-8-21)16(23)15-11-14(19-17(24)20-15)12-3-5-13(18)6-4-12/h3-6,11H,2,7-10H2,1H3,(H,19,20,24). The molecule has 7 heteroatoms. The third-order valence-corrected chi connectivity index (χ3v) is 4.22. The molecule has 1 fully saturated rings. The van der Waals surface area contributed by atoms with Gasteiger partial charge in [0.1, 0.15) is 11.5 Å². The molecular formula is C17H19FN4O2. The van der Waals surface area contributed by atoms with Crippen molar-refractivity contribution in [1.29, 1.82) is 0 Å². The van der Waals surface area contributed by atoms with Crippen LogP contribution < -0.4 is 5.69 Å². The van der Waals surface area contributed by atoms with Gasteiger partial charge < -0.3 is 14.8 Å². The third kappa shape index (κ3) is 3.51. The summed E-state index contributed by atoms with van der Waals surface area (Å²) in [7, 11) is 0. The van der Waals surface area contributed by atoms with E-state index >= 15 is 0 Å². The first-order chi connectivity index (χ1) is 11.6. The number of hydrogen-bond acceptors (Lipinski definition) is 4. The average Bonchev–Trinajstić information content (AvgIpc) is 2.61. The predicted octanol–water partition coefficient (Wildman–Crippen LogP) is 1.35. The summed E-state index contributed by atoms with van der Waals surface area (Å²) in [6.07, 6.45) is 0. The fraction of sp³-hybridized carbons (Fsp3) is 0.353. The zero-order valence-corrected chi connectivity index (χ0v) is 13.5. The second kappa shape index (κ2) is 6.92. The Hall–Kier alpha value is -2.54. The summed E-state index contributed by atoms with van der Waals surface area (Å²) in [6, 6.07) is 7.20. The van der Waals surface area contributed by atoms with E-state index in [0.29, 0.717) is 24.3 Å². The number of hydrogen-bond donors (Lipinski definition) is 1. The maximum Gasteiger partial charge on any atom is 0.346 e. The highest BCUT2D eigenvalue weighted by Crippen LogP contribution is 2.17. The summed E-state index contributed by atoms with van der Waals surface area (Å²) in [5.41, 5.74) is 0.563. The molecule has 0 radical (unpaired) electrons. The number of benzene rings is 1. The maximum absolute atomic E-state index is 13.0. The van der Waals surface area contributed by atoms with Gasteiger partial charge in [-0.2, -0.15) is 4.98 Å². The molecular weight excluding hydrogens is 311 g/mol. The van der Waals surface area contributed by atoms with Gasteiger partial charge in [-0.1, -0.05) is 6.92 Å². The Morgan fingerprint density at radius 2 is 1.88 bits per heavy atom. The number of carbonyl (C=O) groups excluding carboxylic acids is 1. The summed E-state index contributed by atoms with van der Waals surface area (Å²) < 4.78 is 13.0. The number of nitrogens with one attached hydrogen (secondary N) is 1. The van der Waals surface area contributed by atoms with E-state index in [0.717, 1.165) is 19.6 Å². The highest BCUT2D eigenvalue weighted by Gasteiger charge is 2.22. The highest BCUT2D eigenvalue weighted by atomic mass is 19.1. The topological polar surface area (TPSA) is 69.3 Å². The van der Waals surface area contributed by atoms with Crippen LogP contribution in [-0.2, 0) is 0 Å². The lowest BCUT2D eigenvalue weighted by atomic mass is 10.1. The molecule has 0 spiro atoms. The van der Waals surface area contributed by atoms with Gasteiger partial charge in [0.25, 0.3) is 5.91 Å². The third-order valence-electron chi connectivity index (χ3n) is 4.22. The van der Waals surface area contributed by atoms with Crippen LogP contribution in [0.1, 0.15) is 17.4 Å². The minimum atomic E-state index is -0.590. The molecule has 1 aliphatic rings. The van der Waals surface area contributed by atoms with Gasteiger partial charge >= 0.3 is 5.69 Å². The van der Waals surface area contributed by atoms with Gasteiger partial charge in [0.05, 0.1) is 5.69 Å². The van der Waals surface area contributed by atoms with Gasteiger partial charge in [-0.3, -0.25) is 4.79 Å². The van der Waals surface area contributed by atoms with Crippen molar-refractivity contribution in [3.05, 3.63) is 52.3 Å². The van der Waals surface area contributed by atoms with E-state index in [1.54, 1.807) is 11.0 Å². The van der Waals surface area contributed by atoms with Crippen molar-refractivity contribution >= 4 is 5.91 Å². The van der Waals surface area contributed by atoms with E-state index in [1.165, 1.54) is 24.3 Å². The predicted molar refractivity (Wildman–Crippen MR) is 88.3 cm³/mol. The summed E-state index contributed by atoms with van der Waals surface area (Å²) in [4.78, 5) is 34.8. The molecule has 1 aliphatic heterocycles. The molecule has 1 aromatic carbocycles. The molecule has 1 N–H and O–H groups in total. The molecule has 3 rings (SSSR count). The number of nitrogens with zero attached hydrogens (tertiary/aromatic N) is 3. The van der Waals surface area contributed by atoms with Gasteiger partial charge in [0.15, 0.2) is 0 Å². The quantitative estimate of drug-likeness (QED) is 0.922. The number of amides is 1. The van der Waals surface area contributed by atoms with E-state index in [2.05, 4.69) is 21.8 Å². The fourth-order valence-electron chi connectivity index (χ4n) is 2.78. The zero-order chi connectivity index (χ0) is 17.1. The van der Waals surface area contributed by atoms with E-state index < -0.39 is 5.69 Å². The van der Waals surface area contributed by atoms with Gasteiger partial charge in [-0.05, 0) is 36.9 Å². The Morgan fingerprint density at radius 3 is 2.50 bits per heavy atom. The van der Waals surface area contributed by atoms with Gasteiger partial charge in [0.2, 0.25) is 0 Å². The Bertz CT molecular complexity index is 780. The molecule has 126 valence electrons. The van der Waals surface area contributed by atoms with Crippen LogP contribution in [0.4, 0.5) is 4.39 Å². The SMILES string of the molecule is CCN1CCN(C(=O)c2cc(-c3ccc(F)cc3)nc(=O)[nH]2)CC1. The maximum atomic E-state index is 13.0. The smallest absolute Gasteiger partial charge is 0.335 e. The van der Waals surface area contributed by atoms with Gasteiger partial charge in [0, 0.05) is 31.7 Å². The molecule has 0 unspecified atom stereocenters. The second-order valence-corrected chi connectivity index (χ2v) is 5.72. The monoisotopic (exact) mass is 330 g/mol. The van der Waals surface area contributed by atoms with Crippen molar-refractivity contribution in [2.24, 2.45) is 0 Å². The zero-order valence-electron chi connectivity index (χ0n) is 13.5. The Morgan fingerprint density at radius 1 is 1.21 bits per heavy atom. The molecule has 0 atom stereocenters. The Kier molecular flexibility index (Phi) is 4.71. The minimum absolute atomic E-state index is 0.208. The van der Waals surface area contributed by atoms with Crippen LogP contribution in [0.3, 0.4) is 0 Å². The first-order valence-electron chi connectivity index (χ1n) is 7.96. The van der Waals surface area contributed by atoms with E-state index in [1.807, 2.05) is 0 Å². The number of aromatic amines is 1. The second-order valence-electron chi connectivity index (χ2n) is 5.72. The summed E-state index contributed by atoms with van der Waals surface area (Å²) in [5.74, 6) is -0.581. The van der Waals surface area contributed by atoms with Crippen molar-refractivity contribution in [1.82, 2.24) is 19.8 Å². The molecule has 0 saturated carbocycles. The first kappa shape index (κ1) is 16.3.